The predicted octanol–water partition coefficient (Wildman–Crippen LogP) is 0.405. The Morgan fingerprint density at radius 2 is 2.21 bits per heavy atom. The van der Waals surface area contributed by atoms with Crippen molar-refractivity contribution >= 4 is 5.97 Å². The van der Waals surface area contributed by atoms with E-state index in [1.807, 2.05) is 0 Å². The van der Waals surface area contributed by atoms with Gasteiger partial charge < -0.3 is 14.9 Å². The Morgan fingerprint density at radius 3 is 2.71 bits per heavy atom. The fourth-order valence-electron chi connectivity index (χ4n) is 0.803. The van der Waals surface area contributed by atoms with Gasteiger partial charge in [0, 0.05) is 12.7 Å². The van der Waals surface area contributed by atoms with Crippen molar-refractivity contribution < 1.29 is 19.7 Å². The van der Waals surface area contributed by atoms with Crippen LogP contribution in [0.5, 0.6) is 0 Å². The highest BCUT2D eigenvalue weighted by molar-refractivity contribution is 5.81. The van der Waals surface area contributed by atoms with Gasteiger partial charge in [0.2, 0.25) is 0 Å². The Hall–Kier alpha value is -1.13. The third kappa shape index (κ3) is 5.50. The molecule has 0 aliphatic carbocycles. The second-order valence-corrected chi connectivity index (χ2v) is 2.79. The number of rotatable bonds is 5. The monoisotopic (exact) mass is 200 g/mol. The summed E-state index contributed by atoms with van der Waals surface area (Å²) in [7, 11) is 1.27. The second kappa shape index (κ2) is 7.29. The summed E-state index contributed by atoms with van der Waals surface area (Å²) in [5, 5.41) is 18.0. The predicted molar refractivity (Wildman–Crippen MR) is 52.6 cm³/mol. The number of aliphatic hydroxyl groups excluding tert-OH is 2. The molecule has 0 aromatic heterocycles. The van der Waals surface area contributed by atoms with Crippen molar-refractivity contribution in [2.24, 2.45) is 0 Å². The number of esters is 1. The molecule has 0 amide bonds. The molecule has 0 aromatic carbocycles. The Bertz CT molecular complexity index is 230. The number of aliphatic hydroxyl groups is 2. The van der Waals surface area contributed by atoms with Crippen LogP contribution in [0.2, 0.25) is 0 Å². The molecule has 0 spiro atoms. The van der Waals surface area contributed by atoms with Crippen molar-refractivity contribution in [1.82, 2.24) is 0 Å². The van der Waals surface area contributed by atoms with Crippen LogP contribution in [0.4, 0.5) is 0 Å². The van der Waals surface area contributed by atoms with Crippen LogP contribution in [-0.4, -0.2) is 36.0 Å². The minimum Gasteiger partial charge on any atom is -0.466 e. The van der Waals surface area contributed by atoms with E-state index in [0.717, 1.165) is 0 Å². The fraction of sp³-hybridized carbons (Fsp3) is 0.500. The quantitative estimate of drug-likeness (QED) is 0.383. The number of ether oxygens (including phenoxy) is 1. The van der Waals surface area contributed by atoms with Crippen LogP contribution in [0.1, 0.15) is 13.3 Å². The number of methoxy groups -OCH3 is 1. The van der Waals surface area contributed by atoms with E-state index >= 15 is 0 Å². The average Bonchev–Trinajstić information content (AvgIpc) is 2.21. The van der Waals surface area contributed by atoms with Gasteiger partial charge >= 0.3 is 5.97 Å². The van der Waals surface area contributed by atoms with Crippen LogP contribution < -0.4 is 0 Å². The van der Waals surface area contributed by atoms with E-state index in [1.165, 1.54) is 19.3 Å². The lowest BCUT2D eigenvalue weighted by Gasteiger charge is -2.05. The molecule has 4 nitrogen and oxygen atoms in total. The summed E-state index contributed by atoms with van der Waals surface area (Å²) in [4.78, 5) is 10.7. The van der Waals surface area contributed by atoms with Gasteiger partial charge in [-0.2, -0.15) is 0 Å². The number of hydrogen-bond acceptors (Lipinski definition) is 4. The summed E-state index contributed by atoms with van der Waals surface area (Å²) >= 11 is 0. The molecule has 4 heteroatoms. The lowest BCUT2D eigenvalue weighted by atomic mass is 10.1. The van der Waals surface area contributed by atoms with Gasteiger partial charge in [-0.3, -0.25) is 0 Å². The molecule has 14 heavy (non-hydrogen) atoms. The van der Waals surface area contributed by atoms with Crippen molar-refractivity contribution in [2.45, 2.75) is 19.4 Å². The Kier molecular flexibility index (Phi) is 6.70. The SMILES string of the molecule is COC(=O)/C=C/[C@@H](O)/C(C)=C\CCO. The first-order chi connectivity index (χ1) is 6.61. The first-order valence-electron chi connectivity index (χ1n) is 4.33. The Balaban J connectivity index is 4.12. The Labute approximate surface area is 83.5 Å². The molecule has 2 N–H and O–H groups in total. The molecule has 0 fully saturated rings. The van der Waals surface area contributed by atoms with Gasteiger partial charge in [-0.25, -0.2) is 4.79 Å². The summed E-state index contributed by atoms with van der Waals surface area (Å²) in [6.45, 7) is 1.77. The van der Waals surface area contributed by atoms with E-state index in [1.54, 1.807) is 13.0 Å². The zero-order valence-corrected chi connectivity index (χ0v) is 8.43. The third-order valence-electron chi connectivity index (χ3n) is 1.68. The lowest BCUT2D eigenvalue weighted by molar-refractivity contribution is -0.134. The first kappa shape index (κ1) is 12.9. The van der Waals surface area contributed by atoms with Gasteiger partial charge in [0.1, 0.15) is 0 Å². The smallest absolute Gasteiger partial charge is 0.330 e. The van der Waals surface area contributed by atoms with Crippen molar-refractivity contribution in [3.8, 4) is 0 Å². The highest BCUT2D eigenvalue weighted by Gasteiger charge is 2.01. The van der Waals surface area contributed by atoms with E-state index in [4.69, 9.17) is 5.11 Å². The van der Waals surface area contributed by atoms with E-state index < -0.39 is 12.1 Å². The average molecular weight is 200 g/mol. The zero-order valence-electron chi connectivity index (χ0n) is 8.43. The van der Waals surface area contributed by atoms with Gasteiger partial charge in [0.15, 0.2) is 0 Å². The molecule has 0 bridgehead atoms. The summed E-state index contributed by atoms with van der Waals surface area (Å²) in [5.41, 5.74) is 0.694. The number of hydrogen-bond donors (Lipinski definition) is 2. The van der Waals surface area contributed by atoms with Crippen molar-refractivity contribution in [1.29, 1.82) is 0 Å². The summed E-state index contributed by atoms with van der Waals surface area (Å²) in [5.74, 6) is -0.501. The normalized spacial score (nSPS) is 14.4. The number of carbonyl (C=O) groups is 1. The molecular formula is C10H16O4. The van der Waals surface area contributed by atoms with E-state index in [0.29, 0.717) is 12.0 Å². The minimum absolute atomic E-state index is 0.0464. The van der Waals surface area contributed by atoms with Crippen LogP contribution in [0.3, 0.4) is 0 Å². The molecule has 0 unspecified atom stereocenters. The van der Waals surface area contributed by atoms with Crippen LogP contribution >= 0.6 is 0 Å². The van der Waals surface area contributed by atoms with Crippen LogP contribution in [0.25, 0.3) is 0 Å². The maximum Gasteiger partial charge on any atom is 0.330 e. The lowest BCUT2D eigenvalue weighted by Crippen LogP contribution is -2.06. The van der Waals surface area contributed by atoms with Crippen LogP contribution in [0.15, 0.2) is 23.8 Å². The topological polar surface area (TPSA) is 66.8 Å². The summed E-state index contributed by atoms with van der Waals surface area (Å²) in [6.07, 6.45) is 3.91. The maximum absolute atomic E-state index is 10.7. The van der Waals surface area contributed by atoms with Gasteiger partial charge in [0.25, 0.3) is 0 Å². The first-order valence-corrected chi connectivity index (χ1v) is 4.33. The molecule has 0 radical (unpaired) electrons. The third-order valence-corrected chi connectivity index (χ3v) is 1.68. The van der Waals surface area contributed by atoms with E-state index in [2.05, 4.69) is 4.74 Å². The number of carbonyl (C=O) groups excluding carboxylic acids is 1. The molecule has 0 saturated carbocycles. The maximum atomic E-state index is 10.7. The van der Waals surface area contributed by atoms with E-state index in [9.17, 15) is 9.90 Å². The summed E-state index contributed by atoms with van der Waals surface area (Å²) < 4.78 is 4.37. The fourth-order valence-corrected chi connectivity index (χ4v) is 0.803. The molecular weight excluding hydrogens is 184 g/mol. The molecule has 80 valence electrons. The molecule has 0 rings (SSSR count). The Morgan fingerprint density at radius 1 is 1.57 bits per heavy atom. The largest absolute Gasteiger partial charge is 0.466 e. The van der Waals surface area contributed by atoms with Crippen molar-refractivity contribution in [3.63, 3.8) is 0 Å². The van der Waals surface area contributed by atoms with Gasteiger partial charge in [-0.1, -0.05) is 6.08 Å². The van der Waals surface area contributed by atoms with Crippen molar-refractivity contribution in [3.05, 3.63) is 23.8 Å². The standard InChI is InChI=1S/C10H16O4/c1-8(4-3-7-11)9(12)5-6-10(13)14-2/h4-6,9,11-12H,3,7H2,1-2H3/b6-5+,8-4-/t9-/m1/s1. The highest BCUT2D eigenvalue weighted by Crippen LogP contribution is 2.04. The molecule has 0 aromatic rings. The molecule has 1 atom stereocenters. The van der Waals surface area contributed by atoms with Crippen LogP contribution in [-0.2, 0) is 9.53 Å². The van der Waals surface area contributed by atoms with Gasteiger partial charge in [-0.15, -0.1) is 0 Å². The second-order valence-electron chi connectivity index (χ2n) is 2.79. The molecule has 0 heterocycles. The summed E-state index contributed by atoms with van der Waals surface area (Å²) in [6, 6.07) is 0. The molecule has 0 saturated heterocycles. The highest BCUT2D eigenvalue weighted by atomic mass is 16.5. The van der Waals surface area contributed by atoms with Crippen molar-refractivity contribution in [2.75, 3.05) is 13.7 Å². The van der Waals surface area contributed by atoms with E-state index in [-0.39, 0.29) is 6.61 Å². The molecule has 0 aliphatic rings. The minimum atomic E-state index is -0.805. The van der Waals surface area contributed by atoms with Gasteiger partial charge in [0.05, 0.1) is 13.2 Å². The van der Waals surface area contributed by atoms with Crippen LogP contribution in [0, 0.1) is 0 Å². The van der Waals surface area contributed by atoms with Gasteiger partial charge in [-0.05, 0) is 25.0 Å². The molecule has 0 aliphatic heterocycles. The zero-order chi connectivity index (χ0) is 11.0.